The number of rotatable bonds is 4. The van der Waals surface area contributed by atoms with Crippen LogP contribution in [0.25, 0.3) is 0 Å². The fourth-order valence-electron chi connectivity index (χ4n) is 2.82. The van der Waals surface area contributed by atoms with E-state index in [-0.39, 0.29) is 11.2 Å². The van der Waals surface area contributed by atoms with E-state index in [1.54, 1.807) is 0 Å². The van der Waals surface area contributed by atoms with Crippen LogP contribution in [-0.2, 0) is 0 Å². The van der Waals surface area contributed by atoms with Crippen LogP contribution >= 0.6 is 15.9 Å². The van der Waals surface area contributed by atoms with E-state index in [0.29, 0.717) is 6.61 Å². The lowest BCUT2D eigenvalue weighted by Crippen LogP contribution is -2.30. The summed E-state index contributed by atoms with van der Waals surface area (Å²) < 4.78 is 6.34. The van der Waals surface area contributed by atoms with Gasteiger partial charge in [-0.3, -0.25) is 4.79 Å². The van der Waals surface area contributed by atoms with Crippen LogP contribution in [0.15, 0.2) is 22.7 Å². The molecule has 19 heavy (non-hydrogen) atoms. The molecule has 2 nitrogen and oxygen atoms in total. The largest absolute Gasteiger partial charge is 0.493 e. The Labute approximate surface area is 123 Å². The van der Waals surface area contributed by atoms with Crippen LogP contribution in [0.1, 0.15) is 56.3 Å². The zero-order valence-electron chi connectivity index (χ0n) is 11.7. The number of carbonyl (C=O) groups is 1. The molecule has 0 saturated heterocycles. The van der Waals surface area contributed by atoms with Gasteiger partial charge >= 0.3 is 0 Å². The number of hydrogen-bond acceptors (Lipinski definition) is 2. The Morgan fingerprint density at radius 2 is 2.00 bits per heavy atom. The van der Waals surface area contributed by atoms with Gasteiger partial charge in [-0.15, -0.1) is 0 Å². The normalized spacial score (nSPS) is 18.1. The molecule has 0 amide bonds. The average Bonchev–Trinajstić information content (AvgIpc) is 2.41. The molecule has 1 aromatic rings. The smallest absolute Gasteiger partial charge is 0.168 e. The molecule has 1 saturated carbocycles. The molecule has 0 bridgehead atoms. The zero-order valence-corrected chi connectivity index (χ0v) is 13.3. The topological polar surface area (TPSA) is 26.3 Å². The monoisotopic (exact) mass is 324 g/mol. The Morgan fingerprint density at radius 1 is 1.32 bits per heavy atom. The minimum absolute atomic E-state index is 0.176. The molecule has 0 radical (unpaired) electrons. The van der Waals surface area contributed by atoms with Crippen LogP contribution in [-0.4, -0.2) is 12.4 Å². The Balaban J connectivity index is 2.21. The lowest BCUT2D eigenvalue weighted by Gasteiger charge is -2.32. The van der Waals surface area contributed by atoms with Crippen molar-refractivity contribution in [1.82, 2.24) is 0 Å². The molecule has 104 valence electrons. The minimum Gasteiger partial charge on any atom is -0.493 e. The van der Waals surface area contributed by atoms with Crippen molar-refractivity contribution in [1.29, 1.82) is 0 Å². The lowest BCUT2D eigenvalue weighted by molar-refractivity contribution is 0.0749. The second-order valence-corrected chi connectivity index (χ2v) is 6.38. The van der Waals surface area contributed by atoms with E-state index in [1.165, 1.54) is 19.3 Å². The number of carbonyl (C=O) groups excluding carboxylic acids is 1. The van der Waals surface area contributed by atoms with Crippen LogP contribution in [0.5, 0.6) is 5.75 Å². The highest BCUT2D eigenvalue weighted by Gasteiger charge is 2.35. The van der Waals surface area contributed by atoms with Gasteiger partial charge in [0.25, 0.3) is 0 Å². The van der Waals surface area contributed by atoms with Gasteiger partial charge in [0.15, 0.2) is 5.78 Å². The molecule has 1 aromatic carbocycles. The summed E-state index contributed by atoms with van der Waals surface area (Å²) >= 11 is 3.48. The van der Waals surface area contributed by atoms with Crippen molar-refractivity contribution in [3.05, 3.63) is 28.2 Å². The first kappa shape index (κ1) is 14.6. The van der Waals surface area contributed by atoms with Crippen molar-refractivity contribution < 1.29 is 9.53 Å². The van der Waals surface area contributed by atoms with Gasteiger partial charge < -0.3 is 4.74 Å². The van der Waals surface area contributed by atoms with Crippen molar-refractivity contribution in [2.24, 2.45) is 5.41 Å². The van der Waals surface area contributed by atoms with Gasteiger partial charge in [-0.05, 0) is 53.9 Å². The van der Waals surface area contributed by atoms with Gasteiger partial charge in [-0.25, -0.2) is 0 Å². The van der Waals surface area contributed by atoms with Crippen molar-refractivity contribution in [3.63, 3.8) is 0 Å². The molecular weight excluding hydrogens is 304 g/mol. The summed E-state index contributed by atoms with van der Waals surface area (Å²) in [5.74, 6) is 1.07. The average molecular weight is 325 g/mol. The van der Waals surface area contributed by atoms with Crippen molar-refractivity contribution in [2.45, 2.75) is 46.0 Å². The first-order valence-electron chi connectivity index (χ1n) is 7.04. The summed E-state index contributed by atoms with van der Waals surface area (Å²) in [4.78, 5) is 12.7. The highest BCUT2D eigenvalue weighted by Crippen LogP contribution is 2.39. The summed E-state index contributed by atoms with van der Waals surface area (Å²) in [6.45, 7) is 4.69. The molecule has 0 heterocycles. The Bertz CT molecular complexity index is 462. The number of halogens is 1. The maximum Gasteiger partial charge on any atom is 0.168 e. The zero-order chi connectivity index (χ0) is 13.9. The summed E-state index contributed by atoms with van der Waals surface area (Å²) in [6.07, 6.45) is 5.62. The van der Waals surface area contributed by atoms with Crippen LogP contribution in [0.2, 0.25) is 0 Å². The molecule has 1 fully saturated rings. The van der Waals surface area contributed by atoms with Gasteiger partial charge in [0.2, 0.25) is 0 Å². The predicted octanol–water partition coefficient (Wildman–Crippen LogP) is 5.00. The second kappa shape index (κ2) is 6.08. The standard InChI is InChI=1S/C16H21BrO2/c1-3-19-14-8-7-12(11-13(14)17)15(18)16(2)9-5-4-6-10-16/h7-8,11H,3-6,9-10H2,1-2H3. The number of ether oxygens (including phenoxy) is 1. The van der Waals surface area contributed by atoms with E-state index >= 15 is 0 Å². The Morgan fingerprint density at radius 3 is 2.58 bits per heavy atom. The van der Waals surface area contributed by atoms with Gasteiger partial charge in [0, 0.05) is 11.0 Å². The first-order valence-corrected chi connectivity index (χ1v) is 7.83. The van der Waals surface area contributed by atoms with E-state index in [0.717, 1.165) is 28.6 Å². The number of ketones is 1. The number of Topliss-reactive ketones (excluding diaryl/α,β-unsaturated/α-hetero) is 1. The van der Waals surface area contributed by atoms with E-state index < -0.39 is 0 Å². The Hall–Kier alpha value is -0.830. The van der Waals surface area contributed by atoms with Crippen molar-refractivity contribution >= 4 is 21.7 Å². The molecule has 0 N–H and O–H groups in total. The fraction of sp³-hybridized carbons (Fsp3) is 0.562. The molecule has 0 aromatic heterocycles. The third kappa shape index (κ3) is 3.19. The molecule has 0 spiro atoms. The van der Waals surface area contributed by atoms with Gasteiger partial charge in [-0.2, -0.15) is 0 Å². The fourth-order valence-corrected chi connectivity index (χ4v) is 3.32. The van der Waals surface area contributed by atoms with Crippen LogP contribution < -0.4 is 4.74 Å². The van der Waals surface area contributed by atoms with Gasteiger partial charge in [0.05, 0.1) is 11.1 Å². The molecule has 1 aliphatic rings. The first-order chi connectivity index (χ1) is 9.07. The minimum atomic E-state index is -0.176. The summed E-state index contributed by atoms with van der Waals surface area (Å²) in [5.41, 5.74) is 0.616. The lowest BCUT2D eigenvalue weighted by atomic mass is 9.71. The van der Waals surface area contributed by atoms with Gasteiger partial charge in [-0.1, -0.05) is 26.2 Å². The molecule has 1 aliphatic carbocycles. The SMILES string of the molecule is CCOc1ccc(C(=O)C2(C)CCCCC2)cc1Br. The van der Waals surface area contributed by atoms with E-state index in [9.17, 15) is 4.79 Å². The van der Waals surface area contributed by atoms with Crippen molar-refractivity contribution in [3.8, 4) is 5.75 Å². The molecule has 0 atom stereocenters. The third-order valence-electron chi connectivity index (χ3n) is 4.00. The predicted molar refractivity (Wildman–Crippen MR) is 80.8 cm³/mol. The van der Waals surface area contributed by atoms with Crippen LogP contribution in [0.4, 0.5) is 0 Å². The quantitative estimate of drug-likeness (QED) is 0.728. The summed E-state index contributed by atoms with van der Waals surface area (Å²) in [6, 6.07) is 5.66. The van der Waals surface area contributed by atoms with Crippen LogP contribution in [0.3, 0.4) is 0 Å². The second-order valence-electron chi connectivity index (χ2n) is 5.53. The van der Waals surface area contributed by atoms with E-state index in [2.05, 4.69) is 22.9 Å². The molecule has 0 aliphatic heterocycles. The highest BCUT2D eigenvalue weighted by atomic mass is 79.9. The molecular formula is C16H21BrO2. The van der Waals surface area contributed by atoms with Crippen LogP contribution in [0, 0.1) is 5.41 Å². The van der Waals surface area contributed by atoms with E-state index in [1.807, 2.05) is 25.1 Å². The van der Waals surface area contributed by atoms with Crippen molar-refractivity contribution in [2.75, 3.05) is 6.61 Å². The molecule has 0 unspecified atom stereocenters. The number of hydrogen-bond donors (Lipinski definition) is 0. The summed E-state index contributed by atoms with van der Waals surface area (Å²) in [5, 5.41) is 0. The number of benzene rings is 1. The van der Waals surface area contributed by atoms with Gasteiger partial charge in [0.1, 0.15) is 5.75 Å². The maximum atomic E-state index is 12.7. The Kier molecular flexibility index (Phi) is 4.67. The maximum absolute atomic E-state index is 12.7. The molecule has 2 rings (SSSR count). The highest BCUT2D eigenvalue weighted by molar-refractivity contribution is 9.10. The molecule has 3 heteroatoms. The third-order valence-corrected chi connectivity index (χ3v) is 4.62. The summed E-state index contributed by atoms with van der Waals surface area (Å²) in [7, 11) is 0. The van der Waals surface area contributed by atoms with E-state index in [4.69, 9.17) is 4.74 Å².